The van der Waals surface area contributed by atoms with Crippen molar-refractivity contribution in [2.24, 2.45) is 0 Å². The van der Waals surface area contributed by atoms with E-state index in [2.05, 4.69) is 10.6 Å². The van der Waals surface area contributed by atoms with E-state index >= 15 is 0 Å². The van der Waals surface area contributed by atoms with E-state index in [9.17, 15) is 9.59 Å². The van der Waals surface area contributed by atoms with Crippen molar-refractivity contribution in [1.82, 2.24) is 10.6 Å². The van der Waals surface area contributed by atoms with Crippen molar-refractivity contribution in [1.29, 1.82) is 0 Å². The highest BCUT2D eigenvalue weighted by molar-refractivity contribution is 5.94. The largest absolute Gasteiger partial charge is 0.490 e. The summed E-state index contributed by atoms with van der Waals surface area (Å²) in [4.78, 5) is 22.5. The predicted octanol–water partition coefficient (Wildman–Crippen LogP) is 3.37. The van der Waals surface area contributed by atoms with Crippen LogP contribution in [-0.4, -0.2) is 35.7 Å². The van der Waals surface area contributed by atoms with Crippen LogP contribution in [0.3, 0.4) is 0 Å². The second-order valence-electron chi connectivity index (χ2n) is 7.38. The highest BCUT2D eigenvalue weighted by Gasteiger charge is 2.22. The molecular weight excluding hydrogens is 368 g/mol. The summed E-state index contributed by atoms with van der Waals surface area (Å²) >= 11 is 0. The van der Waals surface area contributed by atoms with Crippen molar-refractivity contribution in [3.63, 3.8) is 0 Å². The summed E-state index contributed by atoms with van der Waals surface area (Å²) in [5.41, 5.74) is 1.66. The highest BCUT2D eigenvalue weighted by atomic mass is 16.5. The van der Waals surface area contributed by atoms with Crippen molar-refractivity contribution >= 4 is 11.9 Å². The summed E-state index contributed by atoms with van der Waals surface area (Å²) in [5, 5.41) is 14.8. The van der Waals surface area contributed by atoms with Gasteiger partial charge in [-0.2, -0.15) is 0 Å². The van der Waals surface area contributed by atoms with Gasteiger partial charge in [0.05, 0.1) is 12.5 Å². The fraction of sp³-hybridized carbons (Fsp3) is 0.391. The maximum Gasteiger partial charge on any atom is 0.305 e. The molecule has 0 atom stereocenters. The fourth-order valence-electron chi connectivity index (χ4n) is 3.50. The number of hydrogen-bond donors (Lipinski definition) is 3. The lowest BCUT2D eigenvalue weighted by Crippen LogP contribution is -2.35. The molecule has 2 aromatic carbocycles. The topological polar surface area (TPSA) is 87.7 Å². The maximum atomic E-state index is 12.0. The molecule has 1 amide bonds. The van der Waals surface area contributed by atoms with Crippen LogP contribution in [0, 0.1) is 0 Å². The Morgan fingerprint density at radius 3 is 2.31 bits per heavy atom. The minimum Gasteiger partial charge on any atom is -0.490 e. The number of carbonyl (C=O) groups excluding carboxylic acids is 1. The smallest absolute Gasteiger partial charge is 0.305 e. The van der Waals surface area contributed by atoms with E-state index in [0.29, 0.717) is 11.6 Å². The van der Waals surface area contributed by atoms with Gasteiger partial charge in [-0.3, -0.25) is 9.59 Å². The van der Waals surface area contributed by atoms with E-state index in [4.69, 9.17) is 9.84 Å². The summed E-state index contributed by atoms with van der Waals surface area (Å²) in [7, 11) is 0. The van der Waals surface area contributed by atoms with Crippen molar-refractivity contribution < 1.29 is 19.4 Å². The first-order valence-corrected chi connectivity index (χ1v) is 10.1. The Morgan fingerprint density at radius 2 is 1.66 bits per heavy atom. The zero-order valence-corrected chi connectivity index (χ0v) is 16.5. The molecule has 1 saturated carbocycles. The second kappa shape index (κ2) is 10.6. The first-order chi connectivity index (χ1) is 14.1. The molecular formula is C23H28N2O4. The molecule has 154 valence electrons. The van der Waals surface area contributed by atoms with Crippen LogP contribution < -0.4 is 15.4 Å². The van der Waals surface area contributed by atoms with Gasteiger partial charge < -0.3 is 20.5 Å². The molecule has 6 nitrogen and oxygen atoms in total. The zero-order valence-electron chi connectivity index (χ0n) is 16.5. The lowest BCUT2D eigenvalue weighted by atomic mass is 9.92. The third-order valence-corrected chi connectivity index (χ3v) is 5.16. The number of carboxylic acid groups (broad SMARTS) is 1. The van der Waals surface area contributed by atoms with E-state index in [-0.39, 0.29) is 25.0 Å². The Kier molecular flexibility index (Phi) is 7.64. The Balaban J connectivity index is 1.37. The van der Waals surface area contributed by atoms with E-state index in [1.54, 1.807) is 12.1 Å². The number of carboxylic acids is 1. The third kappa shape index (κ3) is 6.91. The number of para-hydroxylation sites is 1. The van der Waals surface area contributed by atoms with Crippen LogP contribution in [0.4, 0.5) is 0 Å². The Hall–Kier alpha value is -2.86. The zero-order chi connectivity index (χ0) is 20.5. The van der Waals surface area contributed by atoms with E-state index < -0.39 is 5.97 Å². The summed E-state index contributed by atoms with van der Waals surface area (Å²) in [6.45, 7) is 0.893. The summed E-state index contributed by atoms with van der Waals surface area (Å²) in [6, 6.07) is 17.9. The van der Waals surface area contributed by atoms with Crippen molar-refractivity contribution in [2.75, 3.05) is 6.54 Å². The Morgan fingerprint density at radius 1 is 0.966 bits per heavy atom. The standard InChI is InChI=1S/C23H28N2O4/c26-22(27)14-15-24-23(28)18-8-6-17(7-9-18)16-25-19-10-12-21(13-11-19)29-20-4-2-1-3-5-20/h1-9,19,21,25H,10-16H2,(H,24,28)(H,26,27). The van der Waals surface area contributed by atoms with Gasteiger partial charge in [-0.1, -0.05) is 30.3 Å². The summed E-state index contributed by atoms with van der Waals surface area (Å²) in [5.74, 6) is -0.231. The van der Waals surface area contributed by atoms with Gasteiger partial charge >= 0.3 is 5.97 Å². The highest BCUT2D eigenvalue weighted by Crippen LogP contribution is 2.24. The molecule has 1 aliphatic carbocycles. The number of ether oxygens (including phenoxy) is 1. The van der Waals surface area contributed by atoms with Crippen LogP contribution in [0.15, 0.2) is 54.6 Å². The fourth-order valence-corrected chi connectivity index (χ4v) is 3.50. The van der Waals surface area contributed by atoms with Gasteiger partial charge in [0, 0.05) is 24.7 Å². The number of amides is 1. The number of hydrogen-bond acceptors (Lipinski definition) is 4. The van der Waals surface area contributed by atoms with Crippen LogP contribution >= 0.6 is 0 Å². The van der Waals surface area contributed by atoms with Crippen LogP contribution in [0.1, 0.15) is 48.0 Å². The van der Waals surface area contributed by atoms with Crippen molar-refractivity contribution in [3.05, 3.63) is 65.7 Å². The quantitative estimate of drug-likeness (QED) is 0.605. The SMILES string of the molecule is O=C(O)CCNC(=O)c1ccc(CNC2CCC(Oc3ccccc3)CC2)cc1. The molecule has 0 spiro atoms. The summed E-state index contributed by atoms with van der Waals surface area (Å²) in [6.07, 6.45) is 4.47. The second-order valence-corrected chi connectivity index (χ2v) is 7.38. The minimum atomic E-state index is -0.924. The third-order valence-electron chi connectivity index (χ3n) is 5.16. The molecule has 1 fully saturated rings. The molecule has 6 heteroatoms. The molecule has 29 heavy (non-hydrogen) atoms. The van der Waals surface area contributed by atoms with Crippen molar-refractivity contribution in [3.8, 4) is 5.75 Å². The van der Waals surface area contributed by atoms with Crippen LogP contribution in [0.2, 0.25) is 0 Å². The minimum absolute atomic E-state index is 0.0770. The molecule has 2 aromatic rings. The monoisotopic (exact) mass is 396 g/mol. The first kappa shape index (κ1) is 20.9. The van der Waals surface area contributed by atoms with E-state index in [0.717, 1.165) is 43.5 Å². The van der Waals surface area contributed by atoms with E-state index in [1.807, 2.05) is 42.5 Å². The maximum absolute atomic E-state index is 12.0. The molecule has 3 N–H and O–H groups in total. The predicted molar refractivity (Wildman–Crippen MR) is 111 cm³/mol. The average molecular weight is 396 g/mol. The molecule has 1 aliphatic rings. The lowest BCUT2D eigenvalue weighted by Gasteiger charge is -2.29. The Bertz CT molecular complexity index is 784. The van der Waals surface area contributed by atoms with Gasteiger partial charge in [0.15, 0.2) is 0 Å². The molecule has 0 saturated heterocycles. The van der Waals surface area contributed by atoms with Gasteiger partial charge in [0.1, 0.15) is 5.75 Å². The normalized spacial score (nSPS) is 18.8. The number of nitrogens with one attached hydrogen (secondary N) is 2. The molecule has 0 unspecified atom stereocenters. The molecule has 0 heterocycles. The van der Waals surface area contributed by atoms with Crippen LogP contribution in [-0.2, 0) is 11.3 Å². The molecule has 0 aromatic heterocycles. The van der Waals surface area contributed by atoms with Gasteiger partial charge in [0.25, 0.3) is 5.91 Å². The number of rotatable bonds is 9. The number of benzene rings is 2. The van der Waals surface area contributed by atoms with Crippen LogP contribution in [0.5, 0.6) is 5.75 Å². The molecule has 0 radical (unpaired) electrons. The average Bonchev–Trinajstić information content (AvgIpc) is 2.74. The van der Waals surface area contributed by atoms with Crippen LogP contribution in [0.25, 0.3) is 0 Å². The lowest BCUT2D eigenvalue weighted by molar-refractivity contribution is -0.136. The van der Waals surface area contributed by atoms with E-state index in [1.165, 1.54) is 0 Å². The summed E-state index contributed by atoms with van der Waals surface area (Å²) < 4.78 is 6.04. The Labute approximate surface area is 171 Å². The molecule has 0 aliphatic heterocycles. The van der Waals surface area contributed by atoms with Gasteiger partial charge in [-0.25, -0.2) is 0 Å². The number of carbonyl (C=O) groups is 2. The molecule has 0 bridgehead atoms. The number of aliphatic carboxylic acids is 1. The molecule has 3 rings (SSSR count). The van der Waals surface area contributed by atoms with Crippen molar-refractivity contribution in [2.45, 2.75) is 50.8 Å². The first-order valence-electron chi connectivity index (χ1n) is 10.1. The van der Waals surface area contributed by atoms with Gasteiger partial charge in [0.2, 0.25) is 0 Å². The van der Waals surface area contributed by atoms with Gasteiger partial charge in [-0.15, -0.1) is 0 Å². The van der Waals surface area contributed by atoms with Gasteiger partial charge in [-0.05, 0) is 55.5 Å².